The van der Waals surface area contributed by atoms with Crippen LogP contribution in [0.15, 0.2) is 65.4 Å². The maximum Gasteiger partial charge on any atom is 0.138 e. The highest BCUT2D eigenvalue weighted by atomic mass is 79.9. The summed E-state index contributed by atoms with van der Waals surface area (Å²) in [4.78, 5) is 9.03. The molecule has 2 aromatic carbocycles. The highest BCUT2D eigenvalue weighted by Gasteiger charge is 2.10. The summed E-state index contributed by atoms with van der Waals surface area (Å²) in [7, 11) is 0. The van der Waals surface area contributed by atoms with Gasteiger partial charge in [-0.1, -0.05) is 47.5 Å². The average Bonchev–Trinajstić information content (AvgIpc) is 2.57. The minimum atomic E-state index is 0.753. The second-order valence-electron chi connectivity index (χ2n) is 5.20. The van der Waals surface area contributed by atoms with Crippen LogP contribution in [0.1, 0.15) is 19.0 Å². The predicted octanol–water partition coefficient (Wildman–Crippen LogP) is 5.65. The zero-order valence-electron chi connectivity index (χ0n) is 12.9. The van der Waals surface area contributed by atoms with Crippen molar-refractivity contribution in [2.45, 2.75) is 19.8 Å². The SMILES string of the molecule is CCCc1cnc(-c2ccc(Br)cc2Oc2ccccc2)cn1. The molecule has 1 heterocycles. The van der Waals surface area contributed by atoms with Gasteiger partial charge in [0.15, 0.2) is 0 Å². The molecule has 0 saturated carbocycles. The Hall–Kier alpha value is -2.20. The highest BCUT2D eigenvalue weighted by molar-refractivity contribution is 9.10. The highest BCUT2D eigenvalue weighted by Crippen LogP contribution is 2.34. The third-order valence-corrected chi connectivity index (χ3v) is 3.90. The van der Waals surface area contributed by atoms with Gasteiger partial charge in [0.05, 0.1) is 17.6 Å². The van der Waals surface area contributed by atoms with Crippen molar-refractivity contribution in [3.05, 3.63) is 71.1 Å². The standard InChI is InChI=1S/C19H17BrN2O/c1-2-6-15-12-22-18(13-21-15)17-10-9-14(20)11-19(17)23-16-7-4-3-5-8-16/h3-5,7-13H,2,6H2,1H3. The number of benzene rings is 2. The molecule has 4 heteroatoms. The first kappa shape index (κ1) is 15.7. The lowest BCUT2D eigenvalue weighted by Crippen LogP contribution is -1.94. The Bertz CT molecular complexity index is 773. The van der Waals surface area contributed by atoms with Gasteiger partial charge in [0.1, 0.15) is 11.5 Å². The fraction of sp³-hybridized carbons (Fsp3) is 0.158. The number of para-hydroxylation sites is 1. The number of aryl methyl sites for hydroxylation is 1. The lowest BCUT2D eigenvalue weighted by molar-refractivity contribution is 0.484. The van der Waals surface area contributed by atoms with Crippen LogP contribution in [0, 0.1) is 0 Å². The van der Waals surface area contributed by atoms with E-state index in [0.29, 0.717) is 0 Å². The molecule has 23 heavy (non-hydrogen) atoms. The van der Waals surface area contributed by atoms with Crippen molar-refractivity contribution >= 4 is 15.9 Å². The number of hydrogen-bond acceptors (Lipinski definition) is 3. The molecule has 0 spiro atoms. The van der Waals surface area contributed by atoms with Crippen LogP contribution in [0.5, 0.6) is 11.5 Å². The lowest BCUT2D eigenvalue weighted by Gasteiger charge is -2.11. The summed E-state index contributed by atoms with van der Waals surface area (Å²) >= 11 is 3.50. The molecule has 0 radical (unpaired) electrons. The van der Waals surface area contributed by atoms with Gasteiger partial charge in [-0.3, -0.25) is 9.97 Å². The van der Waals surface area contributed by atoms with Crippen LogP contribution >= 0.6 is 15.9 Å². The second kappa shape index (κ2) is 7.38. The summed E-state index contributed by atoms with van der Waals surface area (Å²) < 4.78 is 6.99. The molecule has 0 atom stereocenters. The Labute approximate surface area is 144 Å². The number of nitrogens with zero attached hydrogens (tertiary/aromatic N) is 2. The van der Waals surface area contributed by atoms with E-state index >= 15 is 0 Å². The second-order valence-corrected chi connectivity index (χ2v) is 6.11. The molecule has 0 aliphatic carbocycles. The van der Waals surface area contributed by atoms with E-state index in [0.717, 1.165) is 45.8 Å². The van der Waals surface area contributed by atoms with E-state index in [1.54, 1.807) is 0 Å². The molecule has 116 valence electrons. The van der Waals surface area contributed by atoms with Crippen molar-refractivity contribution in [2.24, 2.45) is 0 Å². The predicted molar refractivity (Wildman–Crippen MR) is 95.7 cm³/mol. The van der Waals surface area contributed by atoms with Crippen molar-refractivity contribution in [2.75, 3.05) is 0 Å². The summed E-state index contributed by atoms with van der Waals surface area (Å²) in [6.45, 7) is 2.14. The quantitative estimate of drug-likeness (QED) is 0.583. The van der Waals surface area contributed by atoms with Gasteiger partial charge in [-0.15, -0.1) is 0 Å². The molecule has 0 amide bonds. The first-order valence-corrected chi connectivity index (χ1v) is 8.39. The minimum absolute atomic E-state index is 0.753. The lowest BCUT2D eigenvalue weighted by atomic mass is 10.1. The minimum Gasteiger partial charge on any atom is -0.457 e. The van der Waals surface area contributed by atoms with E-state index in [4.69, 9.17) is 4.74 Å². The van der Waals surface area contributed by atoms with Crippen molar-refractivity contribution in [3.63, 3.8) is 0 Å². The summed E-state index contributed by atoms with van der Waals surface area (Å²) in [5, 5.41) is 0. The van der Waals surface area contributed by atoms with Gasteiger partial charge < -0.3 is 4.74 Å². The third-order valence-electron chi connectivity index (χ3n) is 3.40. The number of rotatable bonds is 5. The Morgan fingerprint density at radius 1 is 1.00 bits per heavy atom. The van der Waals surface area contributed by atoms with Crippen molar-refractivity contribution in [1.29, 1.82) is 0 Å². The molecular formula is C19H17BrN2O. The maximum atomic E-state index is 6.02. The molecule has 1 aromatic heterocycles. The molecule has 0 saturated heterocycles. The Morgan fingerprint density at radius 3 is 2.52 bits per heavy atom. The van der Waals surface area contributed by atoms with E-state index in [2.05, 4.69) is 32.8 Å². The Morgan fingerprint density at radius 2 is 1.83 bits per heavy atom. The molecule has 0 N–H and O–H groups in total. The third kappa shape index (κ3) is 3.96. The van der Waals surface area contributed by atoms with Gasteiger partial charge in [0, 0.05) is 16.2 Å². The Kier molecular flexibility index (Phi) is 5.03. The van der Waals surface area contributed by atoms with Gasteiger partial charge in [-0.2, -0.15) is 0 Å². The summed E-state index contributed by atoms with van der Waals surface area (Å²) in [5.41, 5.74) is 2.75. The van der Waals surface area contributed by atoms with E-state index in [1.807, 2.05) is 60.9 Å². The normalized spacial score (nSPS) is 10.5. The molecule has 0 bridgehead atoms. The van der Waals surface area contributed by atoms with Crippen molar-refractivity contribution < 1.29 is 4.74 Å². The number of hydrogen-bond donors (Lipinski definition) is 0. The van der Waals surface area contributed by atoms with Crippen LogP contribution in [-0.2, 0) is 6.42 Å². The number of halogens is 1. The molecule has 0 aliphatic heterocycles. The molecule has 3 rings (SSSR count). The van der Waals surface area contributed by atoms with Gasteiger partial charge in [0.2, 0.25) is 0 Å². The first-order chi connectivity index (χ1) is 11.3. The summed E-state index contributed by atoms with van der Waals surface area (Å²) in [6, 6.07) is 15.7. The first-order valence-electron chi connectivity index (χ1n) is 7.60. The van der Waals surface area contributed by atoms with E-state index < -0.39 is 0 Å². The molecule has 3 aromatic rings. The fourth-order valence-corrected chi connectivity index (χ4v) is 2.63. The Balaban J connectivity index is 1.95. The van der Waals surface area contributed by atoms with Gasteiger partial charge in [-0.25, -0.2) is 0 Å². The van der Waals surface area contributed by atoms with E-state index in [-0.39, 0.29) is 0 Å². The van der Waals surface area contributed by atoms with E-state index in [1.165, 1.54) is 0 Å². The van der Waals surface area contributed by atoms with Gasteiger partial charge in [-0.05, 0) is 36.8 Å². The largest absolute Gasteiger partial charge is 0.457 e. The van der Waals surface area contributed by atoms with Gasteiger partial charge in [0.25, 0.3) is 0 Å². The molecule has 0 fully saturated rings. The van der Waals surface area contributed by atoms with Crippen LogP contribution in [0.2, 0.25) is 0 Å². The number of aromatic nitrogens is 2. The van der Waals surface area contributed by atoms with Crippen LogP contribution in [0.25, 0.3) is 11.3 Å². The topological polar surface area (TPSA) is 35.0 Å². The van der Waals surface area contributed by atoms with E-state index in [9.17, 15) is 0 Å². The fourth-order valence-electron chi connectivity index (χ4n) is 2.29. The zero-order chi connectivity index (χ0) is 16.1. The van der Waals surface area contributed by atoms with Gasteiger partial charge >= 0.3 is 0 Å². The van der Waals surface area contributed by atoms with Crippen molar-refractivity contribution in [3.8, 4) is 22.8 Å². The molecular weight excluding hydrogens is 352 g/mol. The monoisotopic (exact) mass is 368 g/mol. The summed E-state index contributed by atoms with van der Waals surface area (Å²) in [5.74, 6) is 1.55. The van der Waals surface area contributed by atoms with Crippen LogP contribution in [0.4, 0.5) is 0 Å². The van der Waals surface area contributed by atoms with Crippen molar-refractivity contribution in [1.82, 2.24) is 9.97 Å². The summed E-state index contributed by atoms with van der Waals surface area (Å²) in [6.07, 6.45) is 5.66. The zero-order valence-corrected chi connectivity index (χ0v) is 14.5. The maximum absolute atomic E-state index is 6.02. The van der Waals surface area contributed by atoms with Crippen LogP contribution in [0.3, 0.4) is 0 Å². The van der Waals surface area contributed by atoms with Crippen LogP contribution in [-0.4, -0.2) is 9.97 Å². The average molecular weight is 369 g/mol. The molecule has 3 nitrogen and oxygen atoms in total. The molecule has 0 aliphatic rings. The van der Waals surface area contributed by atoms with Crippen LogP contribution < -0.4 is 4.74 Å². The number of ether oxygens (including phenoxy) is 1. The molecule has 0 unspecified atom stereocenters. The smallest absolute Gasteiger partial charge is 0.138 e.